The molecule has 2 N–H and O–H groups in total. The molecule has 112 valence electrons. The first kappa shape index (κ1) is 14.3. The summed E-state index contributed by atoms with van der Waals surface area (Å²) in [5.41, 5.74) is 7.17. The number of benzene rings is 1. The van der Waals surface area contributed by atoms with Gasteiger partial charge in [-0.25, -0.2) is 5.43 Å². The van der Waals surface area contributed by atoms with Gasteiger partial charge in [-0.2, -0.15) is 10.2 Å². The van der Waals surface area contributed by atoms with Gasteiger partial charge < -0.3 is 0 Å². The third-order valence-corrected chi connectivity index (χ3v) is 3.65. The summed E-state index contributed by atoms with van der Waals surface area (Å²) in [5.74, 6) is -0.261. The van der Waals surface area contributed by atoms with Crippen LogP contribution in [0.1, 0.15) is 40.7 Å². The number of hydrogen-bond acceptors (Lipinski definition) is 3. The Morgan fingerprint density at radius 3 is 2.95 bits per heavy atom. The number of carbonyl (C=O) groups excluding carboxylic acids is 1. The molecule has 1 aromatic heterocycles. The maximum atomic E-state index is 12.1. The highest BCUT2D eigenvalue weighted by Gasteiger charge is 2.22. The largest absolute Gasteiger partial charge is 0.292 e. The van der Waals surface area contributed by atoms with Crippen LogP contribution in [-0.2, 0) is 12.8 Å². The Balaban J connectivity index is 1.62. The number of nitrogens with one attached hydrogen (secondary N) is 2. The molecular weight excluding hydrogens is 276 g/mol. The molecule has 0 atom stereocenters. The average Bonchev–Trinajstić information content (AvgIpc) is 3.10. The predicted octanol–water partition coefficient (Wildman–Crippen LogP) is 2.72. The molecule has 22 heavy (non-hydrogen) atoms. The molecule has 0 unspecified atom stereocenters. The summed E-state index contributed by atoms with van der Waals surface area (Å²) < 4.78 is 0. The zero-order valence-corrected chi connectivity index (χ0v) is 12.5. The van der Waals surface area contributed by atoms with Gasteiger partial charge in [0.1, 0.15) is 0 Å². The van der Waals surface area contributed by atoms with E-state index in [1.54, 1.807) is 6.21 Å². The van der Waals surface area contributed by atoms with E-state index in [0.717, 1.165) is 41.7 Å². The fraction of sp³-hybridized carbons (Fsp3) is 0.235. The number of hydrogen-bond donors (Lipinski definition) is 2. The van der Waals surface area contributed by atoms with Crippen molar-refractivity contribution in [2.45, 2.75) is 26.2 Å². The van der Waals surface area contributed by atoms with Crippen LogP contribution in [0.2, 0.25) is 0 Å². The Bertz CT molecular complexity index is 728. The highest BCUT2D eigenvalue weighted by molar-refractivity contribution is 5.95. The van der Waals surface area contributed by atoms with Gasteiger partial charge in [-0.15, -0.1) is 0 Å². The van der Waals surface area contributed by atoms with Crippen LogP contribution >= 0.6 is 0 Å². The number of allylic oxidation sites excluding steroid dienone is 1. The van der Waals surface area contributed by atoms with Crippen molar-refractivity contribution in [3.05, 3.63) is 58.4 Å². The van der Waals surface area contributed by atoms with Crippen LogP contribution < -0.4 is 5.43 Å². The first-order valence-electron chi connectivity index (χ1n) is 7.37. The number of aromatic amines is 1. The molecule has 2 aromatic rings. The molecule has 1 amide bonds. The molecule has 5 nitrogen and oxygen atoms in total. The van der Waals surface area contributed by atoms with Crippen LogP contribution in [-0.4, -0.2) is 22.3 Å². The highest BCUT2D eigenvalue weighted by atomic mass is 16.2. The van der Waals surface area contributed by atoms with E-state index < -0.39 is 0 Å². The zero-order chi connectivity index (χ0) is 15.4. The Labute approximate surface area is 129 Å². The molecular formula is C17H18N4O. The molecule has 0 saturated carbocycles. The third kappa shape index (κ3) is 3.14. The van der Waals surface area contributed by atoms with Crippen molar-refractivity contribution in [2.75, 3.05) is 0 Å². The second-order valence-electron chi connectivity index (χ2n) is 5.38. The lowest BCUT2D eigenvalue weighted by molar-refractivity contribution is 0.0949. The van der Waals surface area contributed by atoms with E-state index >= 15 is 0 Å². The number of H-pyrrole nitrogens is 1. The number of fused-ring (bicyclic) bond motifs is 1. The van der Waals surface area contributed by atoms with E-state index in [-0.39, 0.29) is 5.91 Å². The Morgan fingerprint density at radius 2 is 2.14 bits per heavy atom. The van der Waals surface area contributed by atoms with Gasteiger partial charge in [0.15, 0.2) is 5.69 Å². The number of hydrazone groups is 1. The van der Waals surface area contributed by atoms with E-state index in [1.165, 1.54) is 0 Å². The van der Waals surface area contributed by atoms with Crippen LogP contribution in [0.25, 0.3) is 6.08 Å². The highest BCUT2D eigenvalue weighted by Crippen LogP contribution is 2.22. The van der Waals surface area contributed by atoms with E-state index in [0.29, 0.717) is 5.69 Å². The fourth-order valence-corrected chi connectivity index (χ4v) is 2.60. The van der Waals surface area contributed by atoms with Crippen molar-refractivity contribution < 1.29 is 4.79 Å². The van der Waals surface area contributed by atoms with Gasteiger partial charge in [-0.05, 0) is 37.3 Å². The Morgan fingerprint density at radius 1 is 1.32 bits per heavy atom. The summed E-state index contributed by atoms with van der Waals surface area (Å²) in [7, 11) is 0. The third-order valence-electron chi connectivity index (χ3n) is 3.65. The van der Waals surface area contributed by atoms with Gasteiger partial charge in [-0.3, -0.25) is 9.89 Å². The Kier molecular flexibility index (Phi) is 4.14. The molecule has 5 heteroatoms. The number of carbonyl (C=O) groups is 1. The Hall–Kier alpha value is -2.69. The predicted molar refractivity (Wildman–Crippen MR) is 86.7 cm³/mol. The molecule has 0 saturated heterocycles. The topological polar surface area (TPSA) is 70.1 Å². The summed E-state index contributed by atoms with van der Waals surface area (Å²) in [6.45, 7) is 1.94. The first-order chi connectivity index (χ1) is 10.7. The maximum Gasteiger partial charge on any atom is 0.292 e. The van der Waals surface area contributed by atoms with Crippen molar-refractivity contribution >= 4 is 18.2 Å². The van der Waals surface area contributed by atoms with Crippen molar-refractivity contribution in [3.63, 3.8) is 0 Å². The van der Waals surface area contributed by atoms with Crippen LogP contribution in [0.5, 0.6) is 0 Å². The molecule has 0 spiro atoms. The van der Waals surface area contributed by atoms with Gasteiger partial charge in [0.25, 0.3) is 5.91 Å². The first-order valence-corrected chi connectivity index (χ1v) is 7.37. The molecule has 1 aromatic carbocycles. The van der Waals surface area contributed by atoms with E-state index in [9.17, 15) is 4.79 Å². The van der Waals surface area contributed by atoms with E-state index in [1.807, 2.05) is 43.3 Å². The average molecular weight is 294 g/mol. The maximum absolute atomic E-state index is 12.1. The van der Waals surface area contributed by atoms with Crippen molar-refractivity contribution in [1.29, 1.82) is 0 Å². The van der Waals surface area contributed by atoms with Crippen LogP contribution in [0.4, 0.5) is 0 Å². The summed E-state index contributed by atoms with van der Waals surface area (Å²) >= 11 is 0. The fourth-order valence-electron chi connectivity index (χ4n) is 2.60. The quantitative estimate of drug-likeness (QED) is 0.672. The lowest BCUT2D eigenvalue weighted by atomic mass is 10.1. The van der Waals surface area contributed by atoms with Crippen molar-refractivity contribution in [1.82, 2.24) is 15.6 Å². The minimum absolute atomic E-state index is 0.261. The molecule has 0 bridgehead atoms. The summed E-state index contributed by atoms with van der Waals surface area (Å²) in [6.07, 6.45) is 6.59. The van der Waals surface area contributed by atoms with Crippen LogP contribution in [0.3, 0.4) is 0 Å². The van der Waals surface area contributed by atoms with Gasteiger partial charge in [0, 0.05) is 11.3 Å². The molecule has 3 rings (SSSR count). The van der Waals surface area contributed by atoms with Gasteiger partial charge >= 0.3 is 0 Å². The van der Waals surface area contributed by atoms with Crippen LogP contribution in [0.15, 0.2) is 41.0 Å². The lowest BCUT2D eigenvalue weighted by Crippen LogP contribution is -2.19. The summed E-state index contributed by atoms with van der Waals surface area (Å²) in [6, 6.07) is 9.97. The van der Waals surface area contributed by atoms with Gasteiger partial charge in [0.2, 0.25) is 0 Å². The normalized spacial score (nSPS) is 14.3. The minimum atomic E-state index is -0.261. The van der Waals surface area contributed by atoms with Gasteiger partial charge in [-0.1, -0.05) is 36.4 Å². The zero-order valence-electron chi connectivity index (χ0n) is 12.5. The molecule has 1 heterocycles. The number of rotatable bonds is 4. The van der Waals surface area contributed by atoms with Gasteiger partial charge in [0.05, 0.1) is 6.21 Å². The number of aromatic nitrogens is 2. The smallest absolute Gasteiger partial charge is 0.281 e. The second-order valence-corrected chi connectivity index (χ2v) is 5.38. The minimum Gasteiger partial charge on any atom is -0.281 e. The van der Waals surface area contributed by atoms with Crippen LogP contribution in [0, 0.1) is 0 Å². The standard InChI is InChI=1S/C17H18N4O/c1-12(10-13-6-3-2-4-7-13)11-18-21-17(22)16-14-8-5-9-15(14)19-20-16/h2-4,6-7,10-11H,5,8-9H2,1H3,(H,19,20)(H,21,22)/b12-10-,18-11-. The molecule has 1 aliphatic rings. The number of nitrogens with zero attached hydrogens (tertiary/aromatic N) is 2. The van der Waals surface area contributed by atoms with E-state index in [4.69, 9.17) is 0 Å². The summed E-state index contributed by atoms with van der Waals surface area (Å²) in [4.78, 5) is 12.1. The van der Waals surface area contributed by atoms with E-state index in [2.05, 4.69) is 20.7 Å². The lowest BCUT2D eigenvalue weighted by Gasteiger charge is -1.98. The SMILES string of the molecule is CC(/C=N\NC(=O)c1n[nH]c2c1CCC2)=C/c1ccccc1. The molecule has 1 aliphatic carbocycles. The summed E-state index contributed by atoms with van der Waals surface area (Å²) in [5, 5.41) is 11.0. The monoisotopic (exact) mass is 294 g/mol. The number of amides is 1. The molecule has 0 fully saturated rings. The van der Waals surface area contributed by atoms with Crippen molar-refractivity contribution in [3.8, 4) is 0 Å². The molecule has 0 radical (unpaired) electrons. The second kappa shape index (κ2) is 6.39. The number of aryl methyl sites for hydroxylation is 1. The van der Waals surface area contributed by atoms with Crippen molar-refractivity contribution in [2.24, 2.45) is 5.10 Å². The molecule has 0 aliphatic heterocycles.